The minimum Gasteiger partial charge on any atom is -0.322 e. The number of nitro benzene ring substituents is 1. The van der Waals surface area contributed by atoms with E-state index in [4.69, 9.17) is 0 Å². The van der Waals surface area contributed by atoms with E-state index in [0.717, 1.165) is 16.3 Å². The normalized spacial score (nSPS) is 10.5. The predicted octanol–water partition coefficient (Wildman–Crippen LogP) is 5.00. The van der Waals surface area contributed by atoms with Gasteiger partial charge in [0.05, 0.1) is 20.5 Å². The van der Waals surface area contributed by atoms with E-state index >= 15 is 0 Å². The zero-order valence-corrected chi connectivity index (χ0v) is 15.7. The number of carbonyl (C=O) groups excluding carboxylic acids is 1. The smallest absolute Gasteiger partial charge is 0.283 e. The maximum atomic E-state index is 12.5. The SMILES string of the molecule is CSc1ccc(C(=O)Nc2cccc(-c3csc(C)n3)c2)cc1[N+](=O)[O-]. The molecule has 1 heterocycles. The molecule has 8 heteroatoms. The number of hydrogen-bond acceptors (Lipinski definition) is 6. The first-order valence-corrected chi connectivity index (χ1v) is 9.74. The summed E-state index contributed by atoms with van der Waals surface area (Å²) in [5.74, 6) is -0.396. The topological polar surface area (TPSA) is 85.1 Å². The highest BCUT2D eigenvalue weighted by atomic mass is 32.2. The van der Waals surface area contributed by atoms with Crippen molar-refractivity contribution in [3.8, 4) is 11.3 Å². The van der Waals surface area contributed by atoms with Gasteiger partial charge in [-0.05, 0) is 37.4 Å². The Morgan fingerprint density at radius 1 is 1.27 bits per heavy atom. The Morgan fingerprint density at radius 2 is 2.08 bits per heavy atom. The van der Waals surface area contributed by atoms with Gasteiger partial charge in [-0.25, -0.2) is 4.98 Å². The molecule has 3 rings (SSSR count). The van der Waals surface area contributed by atoms with Gasteiger partial charge < -0.3 is 5.32 Å². The van der Waals surface area contributed by atoms with Crippen molar-refractivity contribution in [2.75, 3.05) is 11.6 Å². The molecule has 0 atom stereocenters. The van der Waals surface area contributed by atoms with E-state index in [1.54, 1.807) is 35.8 Å². The van der Waals surface area contributed by atoms with Crippen LogP contribution in [0.15, 0.2) is 52.7 Å². The van der Waals surface area contributed by atoms with E-state index in [2.05, 4.69) is 10.3 Å². The van der Waals surface area contributed by atoms with E-state index in [9.17, 15) is 14.9 Å². The zero-order valence-electron chi connectivity index (χ0n) is 14.1. The second kappa shape index (κ2) is 7.67. The number of aryl methyl sites for hydroxylation is 1. The molecule has 0 aliphatic heterocycles. The molecular weight excluding hydrogens is 370 g/mol. The van der Waals surface area contributed by atoms with Crippen LogP contribution in [0.4, 0.5) is 11.4 Å². The van der Waals surface area contributed by atoms with E-state index < -0.39 is 10.8 Å². The van der Waals surface area contributed by atoms with Gasteiger partial charge in [0.1, 0.15) is 0 Å². The van der Waals surface area contributed by atoms with Crippen molar-refractivity contribution < 1.29 is 9.72 Å². The zero-order chi connectivity index (χ0) is 18.7. The molecule has 0 radical (unpaired) electrons. The van der Waals surface area contributed by atoms with Crippen LogP contribution in [0, 0.1) is 17.0 Å². The third-order valence-corrected chi connectivity index (χ3v) is 5.23. The number of carbonyl (C=O) groups is 1. The molecule has 0 spiro atoms. The van der Waals surface area contributed by atoms with Crippen LogP contribution < -0.4 is 5.32 Å². The first-order valence-electron chi connectivity index (χ1n) is 7.64. The van der Waals surface area contributed by atoms with E-state index in [1.165, 1.54) is 17.8 Å². The summed E-state index contributed by atoms with van der Waals surface area (Å²) in [6.07, 6.45) is 1.76. The lowest BCUT2D eigenvalue weighted by atomic mass is 10.1. The molecule has 0 unspecified atom stereocenters. The minimum atomic E-state index is -0.478. The fourth-order valence-electron chi connectivity index (χ4n) is 2.43. The van der Waals surface area contributed by atoms with Gasteiger partial charge in [0.15, 0.2) is 0 Å². The number of nitrogens with one attached hydrogen (secondary N) is 1. The second-order valence-corrected chi connectivity index (χ2v) is 7.34. The summed E-state index contributed by atoms with van der Waals surface area (Å²) in [5, 5.41) is 16.9. The van der Waals surface area contributed by atoms with Gasteiger partial charge >= 0.3 is 0 Å². The lowest BCUT2D eigenvalue weighted by Crippen LogP contribution is -2.12. The first kappa shape index (κ1) is 18.1. The number of nitrogens with zero attached hydrogens (tertiary/aromatic N) is 2. The highest BCUT2D eigenvalue weighted by Crippen LogP contribution is 2.29. The second-order valence-electron chi connectivity index (χ2n) is 5.43. The highest BCUT2D eigenvalue weighted by molar-refractivity contribution is 7.98. The molecule has 0 saturated carbocycles. The number of amides is 1. The summed E-state index contributed by atoms with van der Waals surface area (Å²) < 4.78 is 0. The Morgan fingerprint density at radius 3 is 2.73 bits per heavy atom. The summed E-state index contributed by atoms with van der Waals surface area (Å²) in [6.45, 7) is 1.94. The van der Waals surface area contributed by atoms with Crippen LogP contribution in [0.1, 0.15) is 15.4 Å². The van der Waals surface area contributed by atoms with E-state index in [-0.39, 0.29) is 11.3 Å². The summed E-state index contributed by atoms with van der Waals surface area (Å²) in [5.41, 5.74) is 2.52. The number of nitro groups is 1. The number of thioether (sulfide) groups is 1. The third kappa shape index (κ3) is 3.92. The minimum absolute atomic E-state index is 0.0724. The number of thiazole rings is 1. The summed E-state index contributed by atoms with van der Waals surface area (Å²) in [4.78, 5) is 28.1. The molecule has 1 N–H and O–H groups in total. The van der Waals surface area contributed by atoms with Crippen LogP contribution in [0.2, 0.25) is 0 Å². The van der Waals surface area contributed by atoms with Crippen LogP contribution in [-0.4, -0.2) is 22.1 Å². The highest BCUT2D eigenvalue weighted by Gasteiger charge is 2.17. The number of aromatic nitrogens is 1. The Hall–Kier alpha value is -2.71. The van der Waals surface area contributed by atoms with Crippen molar-refractivity contribution in [1.29, 1.82) is 0 Å². The molecule has 3 aromatic rings. The van der Waals surface area contributed by atoms with Gasteiger partial charge in [0.2, 0.25) is 0 Å². The number of hydrogen-bond donors (Lipinski definition) is 1. The quantitative estimate of drug-likeness (QED) is 0.379. The molecule has 6 nitrogen and oxygen atoms in total. The Kier molecular flexibility index (Phi) is 5.34. The van der Waals surface area contributed by atoms with Gasteiger partial charge in [0.25, 0.3) is 11.6 Å². The Bertz CT molecular complexity index is 985. The summed E-state index contributed by atoms with van der Waals surface area (Å²) in [6, 6.07) is 11.8. The fraction of sp³-hybridized carbons (Fsp3) is 0.111. The maximum absolute atomic E-state index is 12.5. The van der Waals surface area contributed by atoms with Crippen molar-refractivity contribution >= 4 is 40.4 Å². The first-order chi connectivity index (χ1) is 12.5. The largest absolute Gasteiger partial charge is 0.322 e. The lowest BCUT2D eigenvalue weighted by Gasteiger charge is -2.08. The molecule has 0 aliphatic carbocycles. The van der Waals surface area contributed by atoms with Crippen molar-refractivity contribution in [2.24, 2.45) is 0 Å². The van der Waals surface area contributed by atoms with Crippen molar-refractivity contribution in [2.45, 2.75) is 11.8 Å². The number of benzene rings is 2. The molecule has 26 heavy (non-hydrogen) atoms. The van der Waals surface area contributed by atoms with Gasteiger partial charge in [-0.2, -0.15) is 0 Å². The van der Waals surface area contributed by atoms with Crippen molar-refractivity contribution in [3.63, 3.8) is 0 Å². The molecule has 132 valence electrons. The van der Waals surface area contributed by atoms with Gasteiger partial charge in [-0.15, -0.1) is 23.1 Å². The van der Waals surface area contributed by atoms with Gasteiger partial charge in [-0.3, -0.25) is 14.9 Å². The summed E-state index contributed by atoms with van der Waals surface area (Å²) >= 11 is 2.83. The molecule has 0 fully saturated rings. The molecule has 1 aromatic heterocycles. The van der Waals surface area contributed by atoms with Crippen molar-refractivity contribution in [1.82, 2.24) is 4.98 Å². The molecule has 1 amide bonds. The molecular formula is C18H15N3O3S2. The van der Waals surface area contributed by atoms with E-state index in [1.807, 2.05) is 30.5 Å². The van der Waals surface area contributed by atoms with Crippen LogP contribution in [0.3, 0.4) is 0 Å². The van der Waals surface area contributed by atoms with Crippen LogP contribution in [0.5, 0.6) is 0 Å². The van der Waals surface area contributed by atoms with Crippen molar-refractivity contribution in [3.05, 3.63) is 68.5 Å². The van der Waals surface area contributed by atoms with Gasteiger partial charge in [0, 0.05) is 28.3 Å². The molecule has 0 aliphatic rings. The fourth-order valence-corrected chi connectivity index (χ4v) is 3.60. The molecule has 0 saturated heterocycles. The predicted molar refractivity (Wildman–Crippen MR) is 105 cm³/mol. The summed E-state index contributed by atoms with van der Waals surface area (Å²) in [7, 11) is 0. The van der Waals surface area contributed by atoms with Crippen LogP contribution in [0.25, 0.3) is 11.3 Å². The average Bonchev–Trinajstić information content (AvgIpc) is 3.07. The Balaban J connectivity index is 1.84. The molecule has 2 aromatic carbocycles. The third-order valence-electron chi connectivity index (χ3n) is 3.67. The van der Waals surface area contributed by atoms with E-state index in [0.29, 0.717) is 10.6 Å². The van der Waals surface area contributed by atoms with Crippen LogP contribution in [-0.2, 0) is 0 Å². The maximum Gasteiger partial charge on any atom is 0.283 e. The average molecular weight is 385 g/mol. The Labute approximate surface area is 158 Å². The lowest BCUT2D eigenvalue weighted by molar-refractivity contribution is -0.387. The standard InChI is InChI=1S/C18H15N3O3S2/c1-11-19-15(10-26-11)12-4-3-5-14(8-12)20-18(22)13-6-7-17(25-2)16(9-13)21(23)24/h3-10H,1-2H3,(H,20,22). The number of anilines is 1. The van der Waals surface area contributed by atoms with Gasteiger partial charge in [-0.1, -0.05) is 12.1 Å². The monoisotopic (exact) mass is 385 g/mol. The number of rotatable bonds is 5. The molecule has 0 bridgehead atoms. The van der Waals surface area contributed by atoms with Crippen LogP contribution >= 0.6 is 23.1 Å².